The molecule has 2 aromatic carbocycles. The van der Waals surface area contributed by atoms with Gasteiger partial charge in [0.05, 0.1) is 17.1 Å². The fraction of sp³-hybridized carbons (Fsp3) is 0.350. The smallest absolute Gasteiger partial charge is 0.188 e. The van der Waals surface area contributed by atoms with Gasteiger partial charge in [-0.2, -0.15) is 0 Å². The van der Waals surface area contributed by atoms with Crippen molar-refractivity contribution in [3.05, 3.63) is 58.6 Å². The maximum Gasteiger partial charge on any atom is 0.188 e. The van der Waals surface area contributed by atoms with Crippen LogP contribution in [-0.4, -0.2) is 20.8 Å². The average Bonchev–Trinajstić information content (AvgIpc) is 2.67. The fourth-order valence-corrected chi connectivity index (χ4v) is 7.01. The summed E-state index contributed by atoms with van der Waals surface area (Å²) in [5.74, 6) is -3.71. The summed E-state index contributed by atoms with van der Waals surface area (Å²) in [4.78, 5) is 12.3. The lowest BCUT2D eigenvalue weighted by Gasteiger charge is -2.49. The van der Waals surface area contributed by atoms with Crippen molar-refractivity contribution in [3.63, 3.8) is 0 Å². The zero-order valence-electron chi connectivity index (χ0n) is 14.9. The molecule has 0 N–H and O–H groups in total. The molecule has 0 aromatic heterocycles. The monoisotopic (exact) mass is 426 g/mol. The Balaban J connectivity index is 2.06. The van der Waals surface area contributed by atoms with Crippen LogP contribution >= 0.6 is 11.6 Å². The minimum atomic E-state index is -4.21. The molecule has 3 atom stereocenters. The van der Waals surface area contributed by atoms with E-state index < -0.39 is 43.8 Å². The lowest BCUT2D eigenvalue weighted by molar-refractivity contribution is -0.128. The van der Waals surface area contributed by atoms with Gasteiger partial charge in [-0.1, -0.05) is 18.5 Å². The number of sulfone groups is 1. The van der Waals surface area contributed by atoms with E-state index in [9.17, 15) is 22.0 Å². The van der Waals surface area contributed by atoms with E-state index in [-0.39, 0.29) is 35.7 Å². The van der Waals surface area contributed by atoms with Crippen LogP contribution in [0, 0.1) is 23.5 Å². The van der Waals surface area contributed by atoms with E-state index in [1.165, 1.54) is 24.3 Å². The van der Waals surface area contributed by atoms with Gasteiger partial charge in [0.15, 0.2) is 21.4 Å². The molecule has 0 spiro atoms. The molecular weight excluding hydrogens is 410 g/mol. The molecule has 0 saturated heterocycles. The number of carbonyl (C=O) groups excluding carboxylic acids is 1. The first-order chi connectivity index (χ1) is 13.2. The number of hydrogen-bond acceptors (Lipinski definition) is 4. The molecule has 1 unspecified atom stereocenters. The molecule has 1 aliphatic carbocycles. The number of halogens is 3. The van der Waals surface area contributed by atoms with Crippen molar-refractivity contribution in [3.8, 4) is 5.75 Å². The number of ketones is 1. The van der Waals surface area contributed by atoms with Crippen molar-refractivity contribution in [1.29, 1.82) is 0 Å². The summed E-state index contributed by atoms with van der Waals surface area (Å²) in [6.07, 6.45) is -0.178. The number of rotatable bonds is 2. The van der Waals surface area contributed by atoms with Gasteiger partial charge in [-0.25, -0.2) is 17.2 Å². The van der Waals surface area contributed by atoms with Gasteiger partial charge in [0.25, 0.3) is 0 Å². The number of carbonyl (C=O) groups is 1. The Morgan fingerprint density at radius 3 is 2.43 bits per heavy atom. The molecule has 1 aliphatic heterocycles. The van der Waals surface area contributed by atoms with Gasteiger partial charge in [-0.05, 0) is 42.8 Å². The minimum absolute atomic E-state index is 0.0418. The summed E-state index contributed by atoms with van der Waals surface area (Å²) in [6.45, 7) is 1.43. The molecule has 8 heteroatoms. The molecular formula is C20H17ClF2O4S. The average molecular weight is 427 g/mol. The minimum Gasteiger partial charge on any atom is -0.490 e. The SMILES string of the molecule is C[C@@H]1C(=O)CC[C@@]2(S(=O)(=O)c3ccc(Cl)cc3)c3c(F)ccc(F)c3OCC12. The first kappa shape index (κ1) is 19.3. The molecule has 1 saturated carbocycles. The number of benzene rings is 2. The Bertz CT molecular complexity index is 1070. The van der Waals surface area contributed by atoms with Gasteiger partial charge in [0.2, 0.25) is 0 Å². The van der Waals surface area contributed by atoms with Crippen molar-refractivity contribution < 1.29 is 26.7 Å². The largest absolute Gasteiger partial charge is 0.490 e. The lowest BCUT2D eigenvalue weighted by atomic mass is 9.67. The van der Waals surface area contributed by atoms with Gasteiger partial charge in [-0.15, -0.1) is 0 Å². The number of fused-ring (bicyclic) bond motifs is 3. The fourth-order valence-electron chi connectivity index (χ4n) is 4.47. The van der Waals surface area contributed by atoms with E-state index in [2.05, 4.69) is 0 Å². The first-order valence-electron chi connectivity index (χ1n) is 8.84. The van der Waals surface area contributed by atoms with E-state index in [1.807, 2.05) is 0 Å². The standard InChI is InChI=1S/C20H17ClF2O4S/c1-11-14-10-27-19-16(23)7-6-15(22)18(19)20(14,9-8-17(11)24)28(25,26)13-4-2-12(21)3-5-13/h2-7,11,14H,8-10H2,1H3/t11-,14?,20-/m0/s1. The number of Topliss-reactive ketones (excluding diaryl/α,β-unsaturated/α-hetero) is 1. The van der Waals surface area contributed by atoms with Crippen LogP contribution in [0.5, 0.6) is 5.75 Å². The number of ether oxygens (including phenoxy) is 1. The van der Waals surface area contributed by atoms with Gasteiger partial charge in [0, 0.05) is 23.3 Å². The highest BCUT2D eigenvalue weighted by Gasteiger charge is 2.61. The highest BCUT2D eigenvalue weighted by atomic mass is 35.5. The normalized spacial score (nSPS) is 26.9. The van der Waals surface area contributed by atoms with Crippen LogP contribution < -0.4 is 4.74 Å². The predicted molar refractivity (Wildman–Crippen MR) is 99.1 cm³/mol. The summed E-state index contributed by atoms with van der Waals surface area (Å²) in [6, 6.07) is 7.36. The summed E-state index contributed by atoms with van der Waals surface area (Å²) in [5, 5.41) is 0.352. The molecule has 148 valence electrons. The Hall–Kier alpha value is -1.99. The number of hydrogen-bond donors (Lipinski definition) is 0. The van der Waals surface area contributed by atoms with Crippen molar-refractivity contribution in [2.75, 3.05) is 6.61 Å². The summed E-state index contributed by atoms with van der Waals surface area (Å²) < 4.78 is 60.7. The summed E-state index contributed by atoms with van der Waals surface area (Å²) >= 11 is 5.88. The van der Waals surface area contributed by atoms with Crippen molar-refractivity contribution in [2.45, 2.75) is 29.4 Å². The molecule has 1 heterocycles. The van der Waals surface area contributed by atoms with Crippen LogP contribution in [0.1, 0.15) is 25.3 Å². The molecule has 0 bridgehead atoms. The zero-order valence-corrected chi connectivity index (χ0v) is 16.5. The van der Waals surface area contributed by atoms with Crippen LogP contribution in [-0.2, 0) is 19.4 Å². The van der Waals surface area contributed by atoms with E-state index in [4.69, 9.17) is 16.3 Å². The second-order valence-electron chi connectivity index (χ2n) is 7.25. The maximum absolute atomic E-state index is 15.0. The summed E-state index contributed by atoms with van der Waals surface area (Å²) in [7, 11) is -4.21. The van der Waals surface area contributed by atoms with E-state index >= 15 is 0 Å². The predicted octanol–water partition coefficient (Wildman–Crippen LogP) is 4.30. The van der Waals surface area contributed by atoms with Crippen molar-refractivity contribution >= 4 is 27.2 Å². The van der Waals surface area contributed by atoms with E-state index in [0.717, 1.165) is 12.1 Å². The molecule has 4 nitrogen and oxygen atoms in total. The lowest BCUT2D eigenvalue weighted by Crippen LogP contribution is -2.55. The highest BCUT2D eigenvalue weighted by molar-refractivity contribution is 7.92. The second-order valence-corrected chi connectivity index (χ2v) is 9.90. The van der Waals surface area contributed by atoms with Crippen molar-refractivity contribution in [1.82, 2.24) is 0 Å². The second kappa shape index (κ2) is 6.52. The Labute approximate surface area is 166 Å². The first-order valence-corrected chi connectivity index (χ1v) is 10.7. The van der Waals surface area contributed by atoms with Crippen LogP contribution in [0.2, 0.25) is 5.02 Å². The van der Waals surface area contributed by atoms with Crippen LogP contribution in [0.15, 0.2) is 41.3 Å². The molecule has 0 amide bonds. The van der Waals surface area contributed by atoms with Gasteiger partial charge >= 0.3 is 0 Å². The van der Waals surface area contributed by atoms with Crippen LogP contribution in [0.25, 0.3) is 0 Å². The zero-order chi connectivity index (χ0) is 20.3. The topological polar surface area (TPSA) is 60.4 Å². The maximum atomic E-state index is 15.0. The van der Waals surface area contributed by atoms with Gasteiger partial charge in [-0.3, -0.25) is 4.79 Å². The van der Waals surface area contributed by atoms with Crippen molar-refractivity contribution in [2.24, 2.45) is 11.8 Å². The Morgan fingerprint density at radius 2 is 1.75 bits per heavy atom. The summed E-state index contributed by atoms with van der Waals surface area (Å²) in [5.41, 5.74) is -0.321. The molecule has 2 aliphatic rings. The van der Waals surface area contributed by atoms with E-state index in [1.54, 1.807) is 6.92 Å². The Kier molecular flexibility index (Phi) is 4.50. The van der Waals surface area contributed by atoms with Crippen LogP contribution in [0.3, 0.4) is 0 Å². The molecule has 2 aromatic rings. The third kappa shape index (κ3) is 2.52. The molecule has 0 radical (unpaired) electrons. The van der Waals surface area contributed by atoms with E-state index in [0.29, 0.717) is 5.02 Å². The third-order valence-corrected chi connectivity index (χ3v) is 8.76. The third-order valence-electron chi connectivity index (χ3n) is 5.95. The quantitative estimate of drug-likeness (QED) is 0.718. The van der Waals surface area contributed by atoms with Gasteiger partial charge < -0.3 is 4.74 Å². The van der Waals surface area contributed by atoms with Crippen LogP contribution in [0.4, 0.5) is 8.78 Å². The molecule has 4 rings (SSSR count). The highest BCUT2D eigenvalue weighted by Crippen LogP contribution is 2.57. The molecule has 28 heavy (non-hydrogen) atoms. The molecule has 1 fully saturated rings. The van der Waals surface area contributed by atoms with Gasteiger partial charge in [0.1, 0.15) is 16.3 Å². The Morgan fingerprint density at radius 1 is 1.11 bits per heavy atom.